The molecule has 1 rings (SSSR count). The van der Waals surface area contributed by atoms with E-state index in [1.807, 2.05) is 0 Å². The van der Waals surface area contributed by atoms with Crippen LogP contribution in [0.25, 0.3) is 0 Å². The minimum atomic E-state index is -0.614. The van der Waals surface area contributed by atoms with Gasteiger partial charge >= 0.3 is 0 Å². The number of phenolic OH excluding ortho intramolecular Hbond substituents is 1. The van der Waals surface area contributed by atoms with Gasteiger partial charge in [0.25, 0.3) is 0 Å². The Morgan fingerprint density at radius 1 is 1.50 bits per heavy atom. The SMILES string of the molecule is C=CCN(CCOC)C(=O)[C@@H](N)Cc1ccc(O)cc1. The third-order valence-corrected chi connectivity index (χ3v) is 2.94. The summed E-state index contributed by atoms with van der Waals surface area (Å²) in [5.41, 5.74) is 6.87. The highest BCUT2D eigenvalue weighted by atomic mass is 16.5. The van der Waals surface area contributed by atoms with Gasteiger partial charge in [0, 0.05) is 20.2 Å². The van der Waals surface area contributed by atoms with Crippen molar-refractivity contribution in [3.05, 3.63) is 42.5 Å². The molecule has 5 heteroatoms. The largest absolute Gasteiger partial charge is 0.508 e. The van der Waals surface area contributed by atoms with Gasteiger partial charge in [0.15, 0.2) is 0 Å². The molecule has 0 bridgehead atoms. The number of benzene rings is 1. The molecular weight excluding hydrogens is 256 g/mol. The molecule has 0 unspecified atom stereocenters. The maximum atomic E-state index is 12.3. The van der Waals surface area contributed by atoms with Crippen LogP contribution < -0.4 is 5.73 Å². The van der Waals surface area contributed by atoms with Gasteiger partial charge in [0.05, 0.1) is 12.6 Å². The maximum Gasteiger partial charge on any atom is 0.240 e. The van der Waals surface area contributed by atoms with Crippen LogP contribution in [0.4, 0.5) is 0 Å². The van der Waals surface area contributed by atoms with Gasteiger partial charge in [0.2, 0.25) is 5.91 Å². The summed E-state index contributed by atoms with van der Waals surface area (Å²) in [5, 5.41) is 9.22. The predicted molar refractivity (Wildman–Crippen MR) is 78.4 cm³/mol. The standard InChI is InChI=1S/C15H22N2O3/c1-3-8-17(9-10-20-2)15(19)14(16)11-12-4-6-13(18)7-5-12/h3-7,14,18H,1,8-11,16H2,2H3/t14-/m0/s1. The van der Waals surface area contributed by atoms with E-state index in [1.54, 1.807) is 42.4 Å². The second kappa shape index (κ2) is 8.35. The summed E-state index contributed by atoms with van der Waals surface area (Å²) in [6.07, 6.45) is 2.10. The number of amides is 1. The Balaban J connectivity index is 2.62. The highest BCUT2D eigenvalue weighted by Gasteiger charge is 2.20. The zero-order valence-corrected chi connectivity index (χ0v) is 11.8. The molecular formula is C15H22N2O3. The van der Waals surface area contributed by atoms with Gasteiger partial charge in [-0.05, 0) is 24.1 Å². The summed E-state index contributed by atoms with van der Waals surface area (Å²) in [7, 11) is 1.59. The number of carbonyl (C=O) groups excluding carboxylic acids is 1. The van der Waals surface area contributed by atoms with Crippen molar-refractivity contribution in [1.29, 1.82) is 0 Å². The van der Waals surface area contributed by atoms with Crippen LogP contribution in [0.1, 0.15) is 5.56 Å². The molecule has 0 saturated carbocycles. The van der Waals surface area contributed by atoms with Gasteiger partial charge in [-0.15, -0.1) is 6.58 Å². The molecule has 0 spiro atoms. The van der Waals surface area contributed by atoms with Crippen LogP contribution in [0.5, 0.6) is 5.75 Å². The minimum absolute atomic E-state index is 0.130. The first-order valence-corrected chi connectivity index (χ1v) is 6.50. The Morgan fingerprint density at radius 3 is 2.70 bits per heavy atom. The van der Waals surface area contributed by atoms with E-state index in [-0.39, 0.29) is 11.7 Å². The molecule has 1 aromatic carbocycles. The lowest BCUT2D eigenvalue weighted by Gasteiger charge is -2.24. The third-order valence-electron chi connectivity index (χ3n) is 2.94. The van der Waals surface area contributed by atoms with E-state index in [9.17, 15) is 9.90 Å². The number of ether oxygens (including phenoxy) is 1. The van der Waals surface area contributed by atoms with E-state index >= 15 is 0 Å². The molecule has 0 heterocycles. The Bertz CT molecular complexity index is 431. The summed E-state index contributed by atoms with van der Waals surface area (Å²) >= 11 is 0. The van der Waals surface area contributed by atoms with Crippen molar-refractivity contribution >= 4 is 5.91 Å². The van der Waals surface area contributed by atoms with Crippen molar-refractivity contribution in [1.82, 2.24) is 4.90 Å². The monoisotopic (exact) mass is 278 g/mol. The molecule has 110 valence electrons. The van der Waals surface area contributed by atoms with E-state index in [4.69, 9.17) is 10.5 Å². The van der Waals surface area contributed by atoms with Crippen molar-refractivity contribution in [2.24, 2.45) is 5.73 Å². The van der Waals surface area contributed by atoms with Crippen LogP contribution in [0.2, 0.25) is 0 Å². The normalized spacial score (nSPS) is 11.9. The van der Waals surface area contributed by atoms with Gasteiger partial charge in [-0.25, -0.2) is 0 Å². The Kier molecular flexibility index (Phi) is 6.76. The quantitative estimate of drug-likeness (QED) is 0.693. The molecule has 1 atom stereocenters. The topological polar surface area (TPSA) is 75.8 Å². The predicted octanol–water partition coefficient (Wildman–Crippen LogP) is 0.923. The minimum Gasteiger partial charge on any atom is -0.508 e. The highest BCUT2D eigenvalue weighted by molar-refractivity contribution is 5.82. The smallest absolute Gasteiger partial charge is 0.240 e. The highest BCUT2D eigenvalue weighted by Crippen LogP contribution is 2.11. The molecule has 0 aliphatic heterocycles. The zero-order valence-electron chi connectivity index (χ0n) is 11.8. The number of nitrogens with zero attached hydrogens (tertiary/aromatic N) is 1. The first kappa shape index (κ1) is 16.2. The second-order valence-electron chi connectivity index (χ2n) is 4.54. The molecule has 0 aromatic heterocycles. The first-order valence-electron chi connectivity index (χ1n) is 6.50. The van der Waals surface area contributed by atoms with Crippen molar-refractivity contribution in [2.75, 3.05) is 26.8 Å². The molecule has 1 amide bonds. The number of phenols is 1. The molecule has 0 aliphatic rings. The summed E-state index contributed by atoms with van der Waals surface area (Å²) < 4.78 is 4.98. The first-order chi connectivity index (χ1) is 9.58. The number of rotatable bonds is 8. The lowest BCUT2D eigenvalue weighted by atomic mass is 10.1. The van der Waals surface area contributed by atoms with Gasteiger partial charge in [-0.2, -0.15) is 0 Å². The zero-order chi connectivity index (χ0) is 15.0. The Hall–Kier alpha value is -1.85. The van der Waals surface area contributed by atoms with Crippen LogP contribution in [-0.2, 0) is 16.0 Å². The van der Waals surface area contributed by atoms with Gasteiger partial charge in [-0.3, -0.25) is 4.79 Å². The van der Waals surface area contributed by atoms with E-state index in [0.717, 1.165) is 5.56 Å². The lowest BCUT2D eigenvalue weighted by molar-refractivity contribution is -0.132. The number of carbonyl (C=O) groups is 1. The second-order valence-corrected chi connectivity index (χ2v) is 4.54. The van der Waals surface area contributed by atoms with E-state index < -0.39 is 6.04 Å². The third kappa shape index (κ3) is 5.03. The van der Waals surface area contributed by atoms with E-state index in [0.29, 0.717) is 26.1 Å². The number of nitrogens with two attached hydrogens (primary N) is 1. The molecule has 0 saturated heterocycles. The molecule has 3 N–H and O–H groups in total. The van der Waals surface area contributed by atoms with Crippen molar-refractivity contribution in [2.45, 2.75) is 12.5 Å². The van der Waals surface area contributed by atoms with Crippen LogP contribution >= 0.6 is 0 Å². The fourth-order valence-corrected chi connectivity index (χ4v) is 1.86. The number of methoxy groups -OCH3 is 1. The Labute approximate surface area is 119 Å². The van der Waals surface area contributed by atoms with Crippen molar-refractivity contribution in [3.8, 4) is 5.75 Å². The van der Waals surface area contributed by atoms with Gasteiger partial charge in [0.1, 0.15) is 5.75 Å². The fraction of sp³-hybridized carbons (Fsp3) is 0.400. The average molecular weight is 278 g/mol. The molecule has 1 aromatic rings. The fourth-order valence-electron chi connectivity index (χ4n) is 1.86. The van der Waals surface area contributed by atoms with Gasteiger partial charge in [-0.1, -0.05) is 18.2 Å². The Morgan fingerprint density at radius 2 is 2.15 bits per heavy atom. The lowest BCUT2D eigenvalue weighted by Crippen LogP contribution is -2.46. The molecule has 20 heavy (non-hydrogen) atoms. The van der Waals surface area contributed by atoms with Crippen molar-refractivity contribution < 1.29 is 14.6 Å². The van der Waals surface area contributed by atoms with Crippen LogP contribution in [0, 0.1) is 0 Å². The average Bonchev–Trinajstić information content (AvgIpc) is 2.45. The number of hydrogen-bond donors (Lipinski definition) is 2. The van der Waals surface area contributed by atoms with E-state index in [2.05, 4.69) is 6.58 Å². The molecule has 0 aliphatic carbocycles. The van der Waals surface area contributed by atoms with Crippen LogP contribution in [0.3, 0.4) is 0 Å². The van der Waals surface area contributed by atoms with Crippen LogP contribution in [0.15, 0.2) is 36.9 Å². The summed E-state index contributed by atoms with van der Waals surface area (Å²) in [6, 6.07) is 6.07. The van der Waals surface area contributed by atoms with E-state index in [1.165, 1.54) is 0 Å². The number of aromatic hydroxyl groups is 1. The van der Waals surface area contributed by atoms with Gasteiger partial charge < -0.3 is 20.5 Å². The van der Waals surface area contributed by atoms with Crippen molar-refractivity contribution in [3.63, 3.8) is 0 Å². The molecule has 0 fully saturated rings. The number of hydrogen-bond acceptors (Lipinski definition) is 4. The summed E-state index contributed by atoms with van der Waals surface area (Å²) in [5.74, 6) is 0.0667. The molecule has 0 radical (unpaired) electrons. The molecule has 5 nitrogen and oxygen atoms in total. The van der Waals surface area contributed by atoms with Crippen LogP contribution in [-0.4, -0.2) is 48.8 Å². The summed E-state index contributed by atoms with van der Waals surface area (Å²) in [6.45, 7) is 5.05. The maximum absolute atomic E-state index is 12.3. The summed E-state index contributed by atoms with van der Waals surface area (Å²) in [4.78, 5) is 13.9.